The highest BCUT2D eigenvalue weighted by Gasteiger charge is 2.24. The normalized spacial score (nSPS) is 11.5. The molecule has 240 valence electrons. The van der Waals surface area contributed by atoms with Gasteiger partial charge in [-0.05, 0) is 70.3 Å². The van der Waals surface area contributed by atoms with Gasteiger partial charge in [0.05, 0.1) is 5.69 Å². The highest BCUT2D eigenvalue weighted by molar-refractivity contribution is 6.24. The van der Waals surface area contributed by atoms with Crippen LogP contribution in [0.3, 0.4) is 0 Å². The van der Waals surface area contributed by atoms with Crippen molar-refractivity contribution in [3.63, 3.8) is 0 Å². The van der Waals surface area contributed by atoms with Gasteiger partial charge in [0.15, 0.2) is 5.58 Å². The van der Waals surface area contributed by atoms with Crippen molar-refractivity contribution in [2.24, 2.45) is 0 Å². The summed E-state index contributed by atoms with van der Waals surface area (Å²) >= 11 is 0. The number of anilines is 3. The first-order valence-electron chi connectivity index (χ1n) is 17.3. The summed E-state index contributed by atoms with van der Waals surface area (Å²) in [5.74, 6) is 0. The quantitative estimate of drug-likeness (QED) is 0.179. The third kappa shape index (κ3) is 4.90. The van der Waals surface area contributed by atoms with Crippen molar-refractivity contribution in [2.75, 3.05) is 4.90 Å². The number of fused-ring (bicyclic) bond motifs is 6. The predicted molar refractivity (Wildman–Crippen MR) is 212 cm³/mol. The van der Waals surface area contributed by atoms with Crippen LogP contribution in [0.2, 0.25) is 0 Å². The number of rotatable bonds is 6. The second kappa shape index (κ2) is 11.9. The summed E-state index contributed by atoms with van der Waals surface area (Å²) in [4.78, 5) is 2.30. The Hall–Kier alpha value is -6.84. The summed E-state index contributed by atoms with van der Waals surface area (Å²) in [6, 6.07) is 65.9. The molecule has 0 unspecified atom stereocenters. The van der Waals surface area contributed by atoms with Gasteiger partial charge in [-0.15, -0.1) is 0 Å². The van der Waals surface area contributed by atoms with Gasteiger partial charge >= 0.3 is 0 Å². The van der Waals surface area contributed by atoms with E-state index in [4.69, 9.17) is 8.83 Å². The van der Waals surface area contributed by atoms with Crippen molar-refractivity contribution in [3.8, 4) is 33.4 Å². The monoisotopic (exact) mass is 653 g/mol. The molecule has 2 aromatic heterocycles. The fraction of sp³-hybridized carbons (Fsp3) is 0. The van der Waals surface area contributed by atoms with Crippen molar-refractivity contribution in [3.05, 3.63) is 188 Å². The predicted octanol–water partition coefficient (Wildman–Crippen LogP) is 14.0. The minimum Gasteiger partial charge on any atom is -0.456 e. The number of benzene rings is 8. The van der Waals surface area contributed by atoms with Gasteiger partial charge in [0.1, 0.15) is 16.7 Å². The van der Waals surface area contributed by atoms with Gasteiger partial charge in [-0.25, -0.2) is 0 Å². The van der Waals surface area contributed by atoms with E-state index in [-0.39, 0.29) is 0 Å². The largest absolute Gasteiger partial charge is 0.456 e. The first-order valence-corrected chi connectivity index (χ1v) is 17.3. The number of hydrogen-bond acceptors (Lipinski definition) is 3. The van der Waals surface area contributed by atoms with Gasteiger partial charge in [0.25, 0.3) is 0 Å². The SMILES string of the molecule is c1ccc(-c2ccc(N(c3ccc(-c4ccccc4)cc3)c3cccc4c3oc3c(-c5ccccc5)c5c(cc34)oc3ccccc35)cc2)cc1. The van der Waals surface area contributed by atoms with Crippen LogP contribution in [0.25, 0.3) is 77.3 Å². The number of nitrogens with zero attached hydrogens (tertiary/aromatic N) is 1. The minimum absolute atomic E-state index is 0.820. The third-order valence-corrected chi connectivity index (χ3v) is 9.88. The molecule has 0 amide bonds. The molecule has 0 saturated carbocycles. The van der Waals surface area contributed by atoms with Crippen molar-refractivity contribution in [2.45, 2.75) is 0 Å². The molecule has 0 spiro atoms. The van der Waals surface area contributed by atoms with Crippen LogP contribution in [-0.2, 0) is 0 Å². The standard InChI is InChI=1S/C48H31NO2/c1-4-13-32(14-5-1)34-23-27-37(28-24-34)49(38-29-25-35(26-30-38)33-15-6-2-7-16-33)42-21-12-20-39-41-31-44-46(40-19-10-11-22-43(40)50-44)45(48(41)51-47(39)42)36-17-8-3-9-18-36/h1-31H. The lowest BCUT2D eigenvalue weighted by atomic mass is 9.96. The molecular formula is C48H31NO2. The molecule has 3 heteroatoms. The Bertz CT molecular complexity index is 2730. The molecule has 0 aliphatic rings. The van der Waals surface area contributed by atoms with E-state index < -0.39 is 0 Å². The fourth-order valence-electron chi connectivity index (χ4n) is 7.47. The maximum atomic E-state index is 7.12. The molecular weight excluding hydrogens is 623 g/mol. The van der Waals surface area contributed by atoms with Crippen molar-refractivity contribution in [1.82, 2.24) is 0 Å². The Labute approximate surface area is 295 Å². The molecule has 10 rings (SSSR count). The Balaban J connectivity index is 1.21. The molecule has 10 aromatic rings. The maximum absolute atomic E-state index is 7.12. The van der Waals surface area contributed by atoms with Crippen LogP contribution in [0.1, 0.15) is 0 Å². The summed E-state index contributed by atoms with van der Waals surface area (Å²) in [7, 11) is 0. The summed E-state index contributed by atoms with van der Waals surface area (Å²) in [6.45, 7) is 0. The molecule has 0 radical (unpaired) electrons. The van der Waals surface area contributed by atoms with Crippen molar-refractivity contribution < 1.29 is 8.83 Å². The number of hydrogen-bond donors (Lipinski definition) is 0. The Morgan fingerprint density at radius 3 is 1.45 bits per heavy atom. The third-order valence-electron chi connectivity index (χ3n) is 9.88. The fourth-order valence-corrected chi connectivity index (χ4v) is 7.47. The lowest BCUT2D eigenvalue weighted by Gasteiger charge is -2.26. The Morgan fingerprint density at radius 2 is 0.843 bits per heavy atom. The molecule has 8 aromatic carbocycles. The summed E-state index contributed by atoms with van der Waals surface area (Å²) in [5.41, 5.74) is 13.3. The van der Waals surface area contributed by atoms with Crippen LogP contribution in [0.5, 0.6) is 0 Å². The van der Waals surface area contributed by atoms with Crippen LogP contribution >= 0.6 is 0 Å². The zero-order valence-electron chi connectivity index (χ0n) is 27.7. The lowest BCUT2D eigenvalue weighted by molar-refractivity contribution is 0.665. The molecule has 2 heterocycles. The first-order chi connectivity index (χ1) is 25.3. The molecule has 0 saturated heterocycles. The summed E-state index contributed by atoms with van der Waals surface area (Å²) < 4.78 is 13.6. The smallest absolute Gasteiger partial charge is 0.159 e. The van der Waals surface area contributed by atoms with Gasteiger partial charge < -0.3 is 13.7 Å². The zero-order valence-corrected chi connectivity index (χ0v) is 27.7. The second-order valence-corrected chi connectivity index (χ2v) is 12.9. The molecule has 0 bridgehead atoms. The Kier molecular flexibility index (Phi) is 6.81. The average Bonchev–Trinajstić information content (AvgIpc) is 3.77. The number of furan rings is 2. The maximum Gasteiger partial charge on any atom is 0.159 e. The van der Waals surface area contributed by atoms with Crippen molar-refractivity contribution in [1.29, 1.82) is 0 Å². The lowest BCUT2D eigenvalue weighted by Crippen LogP contribution is -2.10. The van der Waals surface area contributed by atoms with Crippen molar-refractivity contribution >= 4 is 60.9 Å². The van der Waals surface area contributed by atoms with E-state index in [1.54, 1.807) is 0 Å². The van der Waals surface area contributed by atoms with Crippen LogP contribution < -0.4 is 4.90 Å². The van der Waals surface area contributed by atoms with Crippen LogP contribution in [0, 0.1) is 0 Å². The highest BCUT2D eigenvalue weighted by atomic mass is 16.3. The molecule has 0 N–H and O–H groups in total. The van der Waals surface area contributed by atoms with Gasteiger partial charge in [-0.3, -0.25) is 0 Å². The molecule has 0 aliphatic carbocycles. The molecule has 51 heavy (non-hydrogen) atoms. The molecule has 3 nitrogen and oxygen atoms in total. The Morgan fingerprint density at radius 1 is 0.333 bits per heavy atom. The van der Waals surface area contributed by atoms with E-state index in [2.05, 4.69) is 181 Å². The van der Waals surface area contributed by atoms with Gasteiger partial charge in [-0.1, -0.05) is 146 Å². The van der Waals surface area contributed by atoms with E-state index in [1.165, 1.54) is 22.3 Å². The second-order valence-electron chi connectivity index (χ2n) is 12.9. The van der Waals surface area contributed by atoms with Crippen LogP contribution in [-0.4, -0.2) is 0 Å². The summed E-state index contributed by atoms with van der Waals surface area (Å²) in [5, 5.41) is 4.20. The molecule has 0 aliphatic heterocycles. The van der Waals surface area contributed by atoms with Gasteiger partial charge in [-0.2, -0.15) is 0 Å². The zero-order chi connectivity index (χ0) is 33.7. The van der Waals surface area contributed by atoms with E-state index in [1.807, 2.05) is 12.1 Å². The van der Waals surface area contributed by atoms with E-state index >= 15 is 0 Å². The topological polar surface area (TPSA) is 29.5 Å². The van der Waals surface area contributed by atoms with Crippen LogP contribution in [0.15, 0.2) is 197 Å². The average molecular weight is 654 g/mol. The molecule has 0 atom stereocenters. The summed E-state index contributed by atoms with van der Waals surface area (Å²) in [6.07, 6.45) is 0. The highest BCUT2D eigenvalue weighted by Crippen LogP contribution is 2.48. The van der Waals surface area contributed by atoms with E-state index in [0.29, 0.717) is 0 Å². The minimum atomic E-state index is 0.820. The van der Waals surface area contributed by atoms with E-state index in [9.17, 15) is 0 Å². The molecule has 0 fully saturated rings. The van der Waals surface area contributed by atoms with E-state index in [0.717, 1.165) is 72.1 Å². The first kappa shape index (κ1) is 29.1. The van der Waals surface area contributed by atoms with Gasteiger partial charge in [0.2, 0.25) is 0 Å². The number of para-hydroxylation sites is 2. The van der Waals surface area contributed by atoms with Crippen LogP contribution in [0.4, 0.5) is 17.1 Å². The van der Waals surface area contributed by atoms with Gasteiger partial charge in [0, 0.05) is 38.5 Å².